The molecule has 6 heteroatoms. The average Bonchev–Trinajstić information content (AvgIpc) is 3.27. The van der Waals surface area contributed by atoms with E-state index in [1.165, 1.54) is 17.8 Å². The maximum Gasteiger partial charge on any atom is 0.204 e. The van der Waals surface area contributed by atoms with Crippen LogP contribution in [0.4, 0.5) is 10.3 Å². The van der Waals surface area contributed by atoms with Gasteiger partial charge in [-0.2, -0.15) is 0 Å². The van der Waals surface area contributed by atoms with Crippen molar-refractivity contribution in [3.05, 3.63) is 66.5 Å². The van der Waals surface area contributed by atoms with Gasteiger partial charge in [-0.1, -0.05) is 18.2 Å². The van der Waals surface area contributed by atoms with E-state index in [0.717, 1.165) is 47.7 Å². The molecule has 0 amide bonds. The minimum atomic E-state index is -0.224. The number of fused-ring (bicyclic) bond motifs is 2. The highest BCUT2D eigenvalue weighted by molar-refractivity contribution is 5.83. The molecule has 3 heterocycles. The molecule has 4 aromatic rings. The average molecular weight is 333 g/mol. The zero-order chi connectivity index (χ0) is 16.8. The van der Waals surface area contributed by atoms with E-state index < -0.39 is 0 Å². The number of nitrogens with zero attached hydrogens (tertiary/aromatic N) is 4. The zero-order valence-corrected chi connectivity index (χ0v) is 13.5. The lowest BCUT2D eigenvalue weighted by atomic mass is 10.1. The second kappa shape index (κ2) is 5.44. The fourth-order valence-corrected chi connectivity index (χ4v) is 3.33. The normalized spacial score (nSPS) is 14.0. The first kappa shape index (κ1) is 14.2. The Morgan fingerprint density at radius 1 is 1.00 bits per heavy atom. The molecule has 0 radical (unpaired) electrons. The predicted octanol–water partition coefficient (Wildman–Crippen LogP) is 3.59. The van der Waals surface area contributed by atoms with E-state index in [9.17, 15) is 4.39 Å². The van der Waals surface area contributed by atoms with Crippen molar-refractivity contribution in [3.63, 3.8) is 0 Å². The lowest BCUT2D eigenvalue weighted by molar-refractivity contribution is 0.564. The Morgan fingerprint density at radius 2 is 1.84 bits per heavy atom. The van der Waals surface area contributed by atoms with E-state index in [0.29, 0.717) is 0 Å². The second-order valence-electron chi connectivity index (χ2n) is 6.30. The Balaban J connectivity index is 1.49. The molecule has 124 valence electrons. The van der Waals surface area contributed by atoms with Crippen molar-refractivity contribution in [1.82, 2.24) is 19.5 Å². The van der Waals surface area contributed by atoms with Crippen LogP contribution in [0.5, 0.6) is 0 Å². The van der Waals surface area contributed by atoms with E-state index >= 15 is 0 Å². The fourth-order valence-electron chi connectivity index (χ4n) is 3.33. The molecule has 0 fully saturated rings. The van der Waals surface area contributed by atoms with Crippen molar-refractivity contribution in [1.29, 1.82) is 0 Å². The van der Waals surface area contributed by atoms with Crippen molar-refractivity contribution in [2.75, 3.05) is 11.4 Å². The van der Waals surface area contributed by atoms with Gasteiger partial charge < -0.3 is 14.5 Å². The number of hydrogen-bond donors (Lipinski definition) is 1. The molecule has 0 saturated carbocycles. The number of H-pyrrole nitrogens is 1. The van der Waals surface area contributed by atoms with E-state index in [4.69, 9.17) is 4.98 Å². The van der Waals surface area contributed by atoms with Gasteiger partial charge in [0.25, 0.3) is 0 Å². The molecule has 25 heavy (non-hydrogen) atoms. The highest BCUT2D eigenvalue weighted by Gasteiger charge is 2.19. The molecule has 1 N–H and O–H groups in total. The third-order valence-electron chi connectivity index (χ3n) is 4.71. The Labute approximate surface area is 143 Å². The van der Waals surface area contributed by atoms with Gasteiger partial charge >= 0.3 is 0 Å². The fraction of sp³-hybridized carbons (Fsp3) is 0.158. The van der Waals surface area contributed by atoms with Gasteiger partial charge in [-0.15, -0.1) is 0 Å². The van der Waals surface area contributed by atoms with Gasteiger partial charge in [0.15, 0.2) is 0 Å². The summed E-state index contributed by atoms with van der Waals surface area (Å²) in [5.74, 6) is 0.650. The first-order valence-electron chi connectivity index (χ1n) is 8.26. The number of halogens is 1. The predicted molar refractivity (Wildman–Crippen MR) is 94.8 cm³/mol. The van der Waals surface area contributed by atoms with Crippen LogP contribution < -0.4 is 4.90 Å². The topological polar surface area (TPSA) is 49.7 Å². The van der Waals surface area contributed by atoms with Crippen molar-refractivity contribution in [2.45, 2.75) is 13.1 Å². The zero-order valence-electron chi connectivity index (χ0n) is 13.5. The number of aromatic amines is 1. The van der Waals surface area contributed by atoms with Crippen LogP contribution in [0.25, 0.3) is 22.2 Å². The molecule has 1 aliphatic rings. The smallest absolute Gasteiger partial charge is 0.204 e. The van der Waals surface area contributed by atoms with Crippen LogP contribution in [0.3, 0.4) is 0 Å². The minimum Gasteiger partial charge on any atom is -0.335 e. The van der Waals surface area contributed by atoms with Crippen LogP contribution in [0, 0.1) is 5.82 Å². The maximum absolute atomic E-state index is 13.1. The monoisotopic (exact) mass is 333 g/mol. The lowest BCUT2D eigenvalue weighted by Crippen LogP contribution is -2.33. The molecule has 5 nitrogen and oxygen atoms in total. The van der Waals surface area contributed by atoms with Crippen molar-refractivity contribution < 1.29 is 4.39 Å². The third kappa shape index (κ3) is 2.46. The summed E-state index contributed by atoms with van der Waals surface area (Å²) in [6.45, 7) is 2.60. The van der Waals surface area contributed by atoms with E-state index in [-0.39, 0.29) is 5.82 Å². The number of anilines is 1. The highest BCUT2D eigenvalue weighted by Crippen LogP contribution is 2.26. The van der Waals surface area contributed by atoms with Crippen LogP contribution in [0.15, 0.2) is 55.0 Å². The molecule has 2 aromatic heterocycles. The first-order valence-corrected chi connectivity index (χ1v) is 8.26. The summed E-state index contributed by atoms with van der Waals surface area (Å²) in [5, 5.41) is 0. The van der Waals surface area contributed by atoms with Crippen LogP contribution in [-0.4, -0.2) is 26.1 Å². The summed E-state index contributed by atoms with van der Waals surface area (Å²) in [4.78, 5) is 14.6. The SMILES string of the molecule is Fc1ccc(-c2ccc3nc(N4CCn5cncc5C4)[nH]c3c2)cc1. The number of aromatic nitrogens is 4. The Morgan fingerprint density at radius 3 is 2.72 bits per heavy atom. The van der Waals surface area contributed by atoms with Crippen LogP contribution >= 0.6 is 0 Å². The summed E-state index contributed by atoms with van der Waals surface area (Å²) in [5.41, 5.74) is 5.13. The molecule has 1 aliphatic heterocycles. The summed E-state index contributed by atoms with van der Waals surface area (Å²) in [7, 11) is 0. The summed E-state index contributed by atoms with van der Waals surface area (Å²) in [6, 6.07) is 12.6. The van der Waals surface area contributed by atoms with Gasteiger partial charge in [0.05, 0.1) is 29.6 Å². The molecule has 0 bridgehead atoms. The van der Waals surface area contributed by atoms with E-state index in [2.05, 4.69) is 25.5 Å². The van der Waals surface area contributed by atoms with Crippen LogP contribution in [0.1, 0.15) is 5.69 Å². The molecule has 5 rings (SSSR count). The summed E-state index contributed by atoms with van der Waals surface area (Å²) >= 11 is 0. The van der Waals surface area contributed by atoms with E-state index in [1.807, 2.05) is 24.7 Å². The molecule has 0 aliphatic carbocycles. The van der Waals surface area contributed by atoms with Gasteiger partial charge in [-0.3, -0.25) is 0 Å². The van der Waals surface area contributed by atoms with Crippen molar-refractivity contribution in [2.24, 2.45) is 0 Å². The van der Waals surface area contributed by atoms with Gasteiger partial charge in [0, 0.05) is 19.3 Å². The number of rotatable bonds is 2. The largest absolute Gasteiger partial charge is 0.335 e. The van der Waals surface area contributed by atoms with E-state index in [1.54, 1.807) is 12.1 Å². The molecule has 2 aromatic carbocycles. The molecular formula is C19H16FN5. The molecule has 0 spiro atoms. The second-order valence-corrected chi connectivity index (χ2v) is 6.30. The molecule has 0 saturated heterocycles. The first-order chi connectivity index (χ1) is 12.3. The Bertz CT molecular complexity index is 1050. The number of hydrogen-bond acceptors (Lipinski definition) is 3. The van der Waals surface area contributed by atoms with Crippen molar-refractivity contribution >= 4 is 17.0 Å². The van der Waals surface area contributed by atoms with Gasteiger partial charge in [0.1, 0.15) is 5.82 Å². The van der Waals surface area contributed by atoms with Gasteiger partial charge in [-0.05, 0) is 35.4 Å². The third-order valence-corrected chi connectivity index (χ3v) is 4.71. The van der Waals surface area contributed by atoms with Gasteiger partial charge in [-0.25, -0.2) is 14.4 Å². The summed E-state index contributed by atoms with van der Waals surface area (Å²) < 4.78 is 15.3. The lowest BCUT2D eigenvalue weighted by Gasteiger charge is -2.27. The van der Waals surface area contributed by atoms with Crippen LogP contribution in [-0.2, 0) is 13.1 Å². The summed E-state index contributed by atoms with van der Waals surface area (Å²) in [6.07, 6.45) is 3.78. The standard InChI is InChI=1S/C19H16FN5/c20-15-4-1-13(2-5-15)14-3-6-17-18(9-14)23-19(22-17)24-7-8-25-12-21-10-16(25)11-24/h1-6,9-10,12H,7-8,11H2,(H,22,23). The molecule has 0 atom stereocenters. The van der Waals surface area contributed by atoms with Gasteiger partial charge in [0.2, 0.25) is 5.95 Å². The minimum absolute atomic E-state index is 0.224. The molecule has 0 unspecified atom stereocenters. The Hall–Kier alpha value is -3.15. The number of benzene rings is 2. The number of imidazole rings is 2. The maximum atomic E-state index is 13.1. The number of nitrogens with one attached hydrogen (secondary N) is 1. The Kier molecular flexibility index (Phi) is 3.09. The highest BCUT2D eigenvalue weighted by atomic mass is 19.1. The molecular weight excluding hydrogens is 317 g/mol. The van der Waals surface area contributed by atoms with Crippen LogP contribution in [0.2, 0.25) is 0 Å². The quantitative estimate of drug-likeness (QED) is 0.610. The van der Waals surface area contributed by atoms with Crippen molar-refractivity contribution in [3.8, 4) is 11.1 Å².